The molecule has 0 fully saturated rings. The van der Waals surface area contributed by atoms with Crippen LogP contribution < -0.4 is 15.8 Å². The van der Waals surface area contributed by atoms with Crippen molar-refractivity contribution in [2.45, 2.75) is 6.54 Å². The van der Waals surface area contributed by atoms with E-state index in [1.165, 1.54) is 5.56 Å². The van der Waals surface area contributed by atoms with Crippen LogP contribution in [0.4, 0.5) is 5.69 Å². The maximum absolute atomic E-state index is 10.6. The fourth-order valence-corrected chi connectivity index (χ4v) is 2.70. The number of rotatable bonds is 6. The second-order valence-electron chi connectivity index (χ2n) is 3.90. The topological polar surface area (TPSA) is 64.4 Å². The van der Waals surface area contributed by atoms with Crippen LogP contribution in [0.15, 0.2) is 39.5 Å². The number of amides is 1. The van der Waals surface area contributed by atoms with Crippen LogP contribution in [0.1, 0.15) is 5.56 Å². The Balaban J connectivity index is 1.93. The van der Waals surface area contributed by atoms with Crippen molar-refractivity contribution in [1.29, 1.82) is 0 Å². The number of hydrogen-bond donors (Lipinski definition) is 2. The van der Waals surface area contributed by atoms with Crippen LogP contribution >= 0.6 is 27.3 Å². The lowest BCUT2D eigenvalue weighted by Crippen LogP contribution is -2.20. The lowest BCUT2D eigenvalue weighted by Gasteiger charge is -2.08. The Morgan fingerprint density at radius 1 is 1.42 bits per heavy atom. The molecule has 1 aromatic carbocycles. The normalized spacial score (nSPS) is 10.2. The predicted molar refractivity (Wildman–Crippen MR) is 80.5 cm³/mol. The minimum atomic E-state index is -0.485. The molecule has 0 saturated heterocycles. The van der Waals surface area contributed by atoms with Gasteiger partial charge in [-0.1, -0.05) is 6.07 Å². The van der Waals surface area contributed by atoms with E-state index in [9.17, 15) is 4.79 Å². The zero-order valence-corrected chi connectivity index (χ0v) is 12.5. The number of carbonyl (C=O) groups is 1. The zero-order valence-electron chi connectivity index (χ0n) is 10.1. The fourth-order valence-electron chi connectivity index (χ4n) is 1.49. The molecule has 4 nitrogen and oxygen atoms in total. The second-order valence-corrected chi connectivity index (χ2v) is 6.19. The van der Waals surface area contributed by atoms with Crippen LogP contribution in [-0.2, 0) is 11.3 Å². The number of carbonyl (C=O) groups excluding carboxylic acids is 1. The number of benzene rings is 1. The Labute approximate surface area is 123 Å². The van der Waals surface area contributed by atoms with Crippen LogP contribution in [0.5, 0.6) is 5.75 Å². The van der Waals surface area contributed by atoms with Crippen molar-refractivity contribution in [1.82, 2.24) is 0 Å². The van der Waals surface area contributed by atoms with E-state index in [0.29, 0.717) is 5.75 Å². The van der Waals surface area contributed by atoms with Gasteiger partial charge in [0.05, 0.1) is 3.79 Å². The third kappa shape index (κ3) is 4.57. The van der Waals surface area contributed by atoms with Gasteiger partial charge in [0, 0.05) is 18.3 Å². The molecule has 19 heavy (non-hydrogen) atoms. The SMILES string of the molecule is NC(=O)COc1cccc(NCc2csc(Br)c2)c1. The van der Waals surface area contributed by atoms with E-state index in [2.05, 4.69) is 32.7 Å². The van der Waals surface area contributed by atoms with E-state index in [1.807, 2.05) is 18.2 Å². The van der Waals surface area contributed by atoms with Gasteiger partial charge in [-0.3, -0.25) is 4.79 Å². The summed E-state index contributed by atoms with van der Waals surface area (Å²) in [6, 6.07) is 9.51. The van der Waals surface area contributed by atoms with Crippen molar-refractivity contribution in [2.24, 2.45) is 5.73 Å². The number of anilines is 1. The molecule has 0 aliphatic carbocycles. The van der Waals surface area contributed by atoms with Crippen molar-refractivity contribution < 1.29 is 9.53 Å². The molecular weight excluding hydrogens is 328 g/mol. The molecule has 0 bridgehead atoms. The molecule has 2 aromatic rings. The van der Waals surface area contributed by atoms with Crippen molar-refractivity contribution in [3.05, 3.63) is 45.1 Å². The van der Waals surface area contributed by atoms with E-state index in [-0.39, 0.29) is 6.61 Å². The molecule has 0 saturated carbocycles. The lowest BCUT2D eigenvalue weighted by molar-refractivity contribution is -0.119. The van der Waals surface area contributed by atoms with Gasteiger partial charge in [-0.15, -0.1) is 11.3 Å². The average Bonchev–Trinajstić information content (AvgIpc) is 2.80. The van der Waals surface area contributed by atoms with Crippen LogP contribution in [0, 0.1) is 0 Å². The molecule has 3 N–H and O–H groups in total. The first-order valence-corrected chi connectivity index (χ1v) is 7.29. The molecule has 0 unspecified atom stereocenters. The minimum absolute atomic E-state index is 0.110. The van der Waals surface area contributed by atoms with Crippen LogP contribution in [0.25, 0.3) is 0 Å². The van der Waals surface area contributed by atoms with E-state index in [4.69, 9.17) is 10.5 Å². The molecule has 0 spiro atoms. The lowest BCUT2D eigenvalue weighted by atomic mass is 10.2. The highest BCUT2D eigenvalue weighted by Crippen LogP contribution is 2.22. The van der Waals surface area contributed by atoms with Crippen LogP contribution in [-0.4, -0.2) is 12.5 Å². The van der Waals surface area contributed by atoms with Crippen molar-refractivity contribution in [3.8, 4) is 5.75 Å². The quantitative estimate of drug-likeness (QED) is 0.849. The Morgan fingerprint density at radius 2 is 2.26 bits per heavy atom. The minimum Gasteiger partial charge on any atom is -0.484 e. The summed E-state index contributed by atoms with van der Waals surface area (Å²) in [6.45, 7) is 0.627. The van der Waals surface area contributed by atoms with E-state index < -0.39 is 5.91 Å². The molecule has 6 heteroatoms. The first-order valence-electron chi connectivity index (χ1n) is 5.61. The van der Waals surface area contributed by atoms with E-state index in [1.54, 1.807) is 17.4 Å². The average molecular weight is 341 g/mol. The number of thiophene rings is 1. The molecule has 0 radical (unpaired) electrons. The third-order valence-electron chi connectivity index (χ3n) is 2.33. The summed E-state index contributed by atoms with van der Waals surface area (Å²) in [5.74, 6) is 0.136. The van der Waals surface area contributed by atoms with E-state index >= 15 is 0 Å². The predicted octanol–water partition coefficient (Wildman–Crippen LogP) is 2.99. The summed E-state index contributed by atoms with van der Waals surface area (Å²) in [7, 11) is 0. The van der Waals surface area contributed by atoms with Gasteiger partial charge < -0.3 is 15.8 Å². The van der Waals surface area contributed by atoms with Crippen LogP contribution in [0.3, 0.4) is 0 Å². The maximum Gasteiger partial charge on any atom is 0.255 e. The summed E-state index contributed by atoms with van der Waals surface area (Å²) in [5, 5.41) is 5.38. The number of nitrogens with one attached hydrogen (secondary N) is 1. The molecule has 0 aliphatic heterocycles. The second kappa shape index (κ2) is 6.58. The van der Waals surface area contributed by atoms with Gasteiger partial charge in [0.15, 0.2) is 6.61 Å². The summed E-state index contributed by atoms with van der Waals surface area (Å²) in [4.78, 5) is 10.6. The number of nitrogens with two attached hydrogens (primary N) is 1. The van der Waals surface area contributed by atoms with Crippen molar-refractivity contribution in [3.63, 3.8) is 0 Å². The standard InChI is InChI=1S/C13H13BrN2O2S/c14-12-4-9(8-19-12)6-16-10-2-1-3-11(5-10)18-7-13(15)17/h1-5,8,16H,6-7H2,(H2,15,17). The number of primary amides is 1. The highest BCUT2D eigenvalue weighted by Gasteiger charge is 2.01. The molecule has 2 rings (SSSR count). The van der Waals surface area contributed by atoms with Gasteiger partial charge in [-0.05, 0) is 45.1 Å². The van der Waals surface area contributed by atoms with Crippen LogP contribution in [0.2, 0.25) is 0 Å². The monoisotopic (exact) mass is 340 g/mol. The maximum atomic E-state index is 10.6. The summed E-state index contributed by atoms with van der Waals surface area (Å²) < 4.78 is 6.36. The van der Waals surface area contributed by atoms with Gasteiger partial charge in [0.2, 0.25) is 0 Å². The highest BCUT2D eigenvalue weighted by atomic mass is 79.9. The van der Waals surface area contributed by atoms with Gasteiger partial charge >= 0.3 is 0 Å². The van der Waals surface area contributed by atoms with Gasteiger partial charge in [-0.2, -0.15) is 0 Å². The molecule has 100 valence electrons. The summed E-state index contributed by atoms with van der Waals surface area (Å²) in [6.07, 6.45) is 0. The Bertz CT molecular complexity index is 571. The Hall–Kier alpha value is -1.53. The summed E-state index contributed by atoms with van der Waals surface area (Å²) >= 11 is 5.09. The molecule has 0 atom stereocenters. The molecular formula is C13H13BrN2O2S. The first kappa shape index (κ1) is 13.9. The van der Waals surface area contributed by atoms with Crippen molar-refractivity contribution in [2.75, 3.05) is 11.9 Å². The summed E-state index contributed by atoms with van der Waals surface area (Å²) in [5.41, 5.74) is 7.18. The molecule has 1 heterocycles. The zero-order chi connectivity index (χ0) is 13.7. The Kier molecular flexibility index (Phi) is 4.81. The molecule has 1 aromatic heterocycles. The number of ether oxygens (including phenoxy) is 1. The fraction of sp³-hybridized carbons (Fsp3) is 0.154. The molecule has 1 amide bonds. The van der Waals surface area contributed by atoms with Gasteiger partial charge in [0.1, 0.15) is 5.75 Å². The molecule has 0 aliphatic rings. The van der Waals surface area contributed by atoms with Crippen molar-refractivity contribution >= 4 is 38.9 Å². The number of hydrogen-bond acceptors (Lipinski definition) is 4. The Morgan fingerprint density at radius 3 is 2.95 bits per heavy atom. The first-order chi connectivity index (χ1) is 9.13. The smallest absolute Gasteiger partial charge is 0.255 e. The van der Waals surface area contributed by atoms with Gasteiger partial charge in [-0.25, -0.2) is 0 Å². The highest BCUT2D eigenvalue weighted by molar-refractivity contribution is 9.11. The van der Waals surface area contributed by atoms with E-state index in [0.717, 1.165) is 16.0 Å². The van der Waals surface area contributed by atoms with Gasteiger partial charge in [0.25, 0.3) is 5.91 Å². The largest absolute Gasteiger partial charge is 0.484 e. The third-order valence-corrected chi connectivity index (χ3v) is 3.89. The number of halogens is 1.